The van der Waals surface area contributed by atoms with Gasteiger partial charge in [0.05, 0.1) is 5.60 Å². The van der Waals surface area contributed by atoms with Crippen LogP contribution in [0.1, 0.15) is 51.4 Å². The van der Waals surface area contributed by atoms with Crippen LogP contribution in [-0.4, -0.2) is 29.5 Å². The molecular weight excluding hydrogens is 193 g/mol. The minimum Gasteiger partial charge on any atom is -0.389 e. The van der Waals surface area contributed by atoms with Crippen molar-refractivity contribution in [3.8, 4) is 0 Å². The Balaban J connectivity index is 1.76. The van der Waals surface area contributed by atoms with Gasteiger partial charge in [-0.1, -0.05) is 19.3 Å². The number of nitrogens with one attached hydrogen (secondary N) is 1. The van der Waals surface area contributed by atoms with Crippen LogP contribution < -0.4 is 5.32 Å². The molecule has 2 N–H and O–H groups in total. The van der Waals surface area contributed by atoms with E-state index in [1.807, 2.05) is 0 Å². The molecule has 15 heavy (non-hydrogen) atoms. The second-order valence-electron chi connectivity index (χ2n) is 5.22. The van der Waals surface area contributed by atoms with Crippen molar-refractivity contribution in [1.82, 2.24) is 5.32 Å². The predicted octanol–water partition coefficient (Wildman–Crippen LogP) is 2.16. The van der Waals surface area contributed by atoms with Crippen LogP contribution in [0.2, 0.25) is 0 Å². The lowest BCUT2D eigenvalue weighted by Crippen LogP contribution is -2.47. The highest BCUT2D eigenvalue weighted by atomic mass is 19.1. The normalized spacial score (nSPS) is 35.6. The van der Waals surface area contributed by atoms with Gasteiger partial charge in [-0.05, 0) is 32.1 Å². The largest absolute Gasteiger partial charge is 0.389 e. The van der Waals surface area contributed by atoms with Crippen LogP contribution in [0.3, 0.4) is 0 Å². The monoisotopic (exact) mass is 215 g/mol. The van der Waals surface area contributed by atoms with E-state index in [0.717, 1.165) is 38.5 Å². The molecule has 2 atom stereocenters. The van der Waals surface area contributed by atoms with E-state index < -0.39 is 11.8 Å². The lowest BCUT2D eigenvalue weighted by molar-refractivity contribution is 0.00117. The highest BCUT2D eigenvalue weighted by molar-refractivity contribution is 4.89. The Morgan fingerprint density at radius 2 is 1.87 bits per heavy atom. The summed E-state index contributed by atoms with van der Waals surface area (Å²) in [5, 5.41) is 13.4. The molecule has 0 aromatic carbocycles. The molecule has 2 rings (SSSR count). The number of rotatable bonds is 3. The fourth-order valence-corrected chi connectivity index (χ4v) is 2.85. The molecule has 3 heteroatoms. The van der Waals surface area contributed by atoms with Gasteiger partial charge >= 0.3 is 0 Å². The zero-order valence-electron chi connectivity index (χ0n) is 9.34. The van der Waals surface area contributed by atoms with Crippen molar-refractivity contribution < 1.29 is 9.50 Å². The van der Waals surface area contributed by atoms with Crippen molar-refractivity contribution in [1.29, 1.82) is 0 Å². The van der Waals surface area contributed by atoms with Crippen LogP contribution >= 0.6 is 0 Å². The maximum Gasteiger partial charge on any atom is 0.115 e. The van der Waals surface area contributed by atoms with E-state index in [4.69, 9.17) is 0 Å². The maximum absolute atomic E-state index is 13.3. The molecule has 0 amide bonds. The predicted molar refractivity (Wildman–Crippen MR) is 58.6 cm³/mol. The topological polar surface area (TPSA) is 32.3 Å². The zero-order valence-corrected chi connectivity index (χ0v) is 9.34. The molecule has 2 aliphatic rings. The Hall–Kier alpha value is -0.150. The summed E-state index contributed by atoms with van der Waals surface area (Å²) in [6.45, 7) is 0.581. The maximum atomic E-state index is 13.3. The summed E-state index contributed by atoms with van der Waals surface area (Å²) >= 11 is 0. The van der Waals surface area contributed by atoms with Gasteiger partial charge in [0.25, 0.3) is 0 Å². The molecule has 2 aliphatic carbocycles. The molecule has 0 aromatic heterocycles. The van der Waals surface area contributed by atoms with Crippen LogP contribution in [-0.2, 0) is 0 Å². The Bertz CT molecular complexity index is 204. The molecule has 0 unspecified atom stereocenters. The smallest absolute Gasteiger partial charge is 0.115 e. The molecule has 2 saturated carbocycles. The van der Waals surface area contributed by atoms with Gasteiger partial charge in [-0.15, -0.1) is 0 Å². The SMILES string of the molecule is OC1(CN[C@@H]2CCC[C@H]2F)CCCCC1. The van der Waals surface area contributed by atoms with Gasteiger partial charge in [0, 0.05) is 12.6 Å². The third kappa shape index (κ3) is 2.91. The first kappa shape index (κ1) is 11.3. The molecule has 0 aromatic rings. The summed E-state index contributed by atoms with van der Waals surface area (Å²) in [7, 11) is 0. The first-order valence-electron chi connectivity index (χ1n) is 6.29. The van der Waals surface area contributed by atoms with Gasteiger partial charge in [0.2, 0.25) is 0 Å². The van der Waals surface area contributed by atoms with E-state index >= 15 is 0 Å². The van der Waals surface area contributed by atoms with Crippen LogP contribution in [0.15, 0.2) is 0 Å². The van der Waals surface area contributed by atoms with Crippen LogP contribution in [0.4, 0.5) is 4.39 Å². The second-order valence-corrected chi connectivity index (χ2v) is 5.22. The molecule has 2 nitrogen and oxygen atoms in total. The van der Waals surface area contributed by atoms with Crippen molar-refractivity contribution in [3.05, 3.63) is 0 Å². The van der Waals surface area contributed by atoms with Gasteiger partial charge < -0.3 is 10.4 Å². The summed E-state index contributed by atoms with van der Waals surface area (Å²) in [6.07, 6.45) is 7.12. The summed E-state index contributed by atoms with van der Waals surface area (Å²) < 4.78 is 13.3. The fourth-order valence-electron chi connectivity index (χ4n) is 2.85. The Morgan fingerprint density at radius 3 is 2.47 bits per heavy atom. The molecule has 0 spiro atoms. The quantitative estimate of drug-likeness (QED) is 0.756. The van der Waals surface area contributed by atoms with Crippen LogP contribution in [0, 0.1) is 0 Å². The molecular formula is C12H22FNO. The standard InChI is InChI=1S/C12H22FNO/c13-10-5-4-6-11(10)14-9-12(15)7-2-1-3-8-12/h10-11,14-15H,1-9H2/t10-,11-/m1/s1. The van der Waals surface area contributed by atoms with Crippen LogP contribution in [0.25, 0.3) is 0 Å². The second kappa shape index (κ2) is 4.79. The fraction of sp³-hybridized carbons (Fsp3) is 1.00. The van der Waals surface area contributed by atoms with Gasteiger partial charge in [-0.3, -0.25) is 0 Å². The van der Waals surface area contributed by atoms with E-state index in [1.165, 1.54) is 6.42 Å². The molecule has 0 heterocycles. The number of alkyl halides is 1. The molecule has 0 radical (unpaired) electrons. The number of hydrogen-bond acceptors (Lipinski definition) is 2. The van der Waals surface area contributed by atoms with E-state index in [-0.39, 0.29) is 6.04 Å². The first-order chi connectivity index (χ1) is 7.20. The molecule has 0 saturated heterocycles. The van der Waals surface area contributed by atoms with Crippen molar-refractivity contribution in [2.24, 2.45) is 0 Å². The van der Waals surface area contributed by atoms with E-state index in [9.17, 15) is 9.50 Å². The number of hydrogen-bond donors (Lipinski definition) is 2. The van der Waals surface area contributed by atoms with E-state index in [2.05, 4.69) is 5.32 Å². The molecule has 88 valence electrons. The van der Waals surface area contributed by atoms with Crippen molar-refractivity contribution >= 4 is 0 Å². The summed E-state index contributed by atoms with van der Waals surface area (Å²) in [6, 6.07) is -0.00375. The van der Waals surface area contributed by atoms with Gasteiger partial charge in [-0.25, -0.2) is 4.39 Å². The Morgan fingerprint density at radius 1 is 1.13 bits per heavy atom. The van der Waals surface area contributed by atoms with Gasteiger partial charge in [-0.2, -0.15) is 0 Å². The minimum atomic E-state index is -0.697. The summed E-state index contributed by atoms with van der Waals surface area (Å²) in [4.78, 5) is 0. The van der Waals surface area contributed by atoms with Crippen molar-refractivity contribution in [2.45, 2.75) is 69.2 Å². The van der Waals surface area contributed by atoms with E-state index in [1.54, 1.807) is 0 Å². The molecule has 2 fully saturated rings. The minimum absolute atomic E-state index is 0.00375. The first-order valence-corrected chi connectivity index (χ1v) is 6.29. The van der Waals surface area contributed by atoms with Gasteiger partial charge in [0.1, 0.15) is 6.17 Å². The van der Waals surface area contributed by atoms with Gasteiger partial charge in [0.15, 0.2) is 0 Å². The molecule has 0 aliphatic heterocycles. The van der Waals surface area contributed by atoms with Crippen molar-refractivity contribution in [3.63, 3.8) is 0 Å². The molecule has 0 bridgehead atoms. The third-order valence-electron chi connectivity index (χ3n) is 3.91. The third-order valence-corrected chi connectivity index (χ3v) is 3.91. The number of halogens is 1. The van der Waals surface area contributed by atoms with Crippen molar-refractivity contribution in [2.75, 3.05) is 6.54 Å². The average Bonchev–Trinajstić information content (AvgIpc) is 2.62. The summed E-state index contributed by atoms with van der Waals surface area (Å²) in [5.74, 6) is 0. The zero-order chi connectivity index (χ0) is 10.7. The number of aliphatic hydroxyl groups is 1. The Kier molecular flexibility index (Phi) is 3.62. The Labute approximate surface area is 91.3 Å². The lowest BCUT2D eigenvalue weighted by Gasteiger charge is -2.33. The average molecular weight is 215 g/mol. The van der Waals surface area contributed by atoms with Crippen LogP contribution in [0.5, 0.6) is 0 Å². The highest BCUT2D eigenvalue weighted by Gasteiger charge is 2.32. The summed E-state index contributed by atoms with van der Waals surface area (Å²) in [5.41, 5.74) is -0.555. The highest BCUT2D eigenvalue weighted by Crippen LogP contribution is 2.28. The van der Waals surface area contributed by atoms with E-state index in [0.29, 0.717) is 13.0 Å². The lowest BCUT2D eigenvalue weighted by atomic mass is 9.84.